The molecule has 138 valence electrons. The van der Waals surface area contributed by atoms with Gasteiger partial charge in [0.25, 0.3) is 0 Å². The summed E-state index contributed by atoms with van der Waals surface area (Å²) in [6, 6.07) is 16.3. The zero-order valence-corrected chi connectivity index (χ0v) is 16.5. The second-order valence-electron chi connectivity index (χ2n) is 6.17. The molecule has 0 bridgehead atoms. The van der Waals surface area contributed by atoms with E-state index in [-0.39, 0.29) is 5.78 Å². The van der Waals surface area contributed by atoms with Crippen molar-refractivity contribution in [3.05, 3.63) is 83.2 Å². The summed E-state index contributed by atoms with van der Waals surface area (Å²) in [5, 5.41) is 4.21. The lowest BCUT2D eigenvalue weighted by atomic mass is 10.1. The van der Waals surface area contributed by atoms with Gasteiger partial charge in [-0.05, 0) is 36.8 Å². The average molecular weight is 378 g/mol. The van der Waals surface area contributed by atoms with Crippen molar-refractivity contribution in [1.29, 1.82) is 0 Å². The minimum absolute atomic E-state index is 0.0525. The van der Waals surface area contributed by atoms with Crippen LogP contribution >= 0.6 is 11.8 Å². The first-order valence-electron chi connectivity index (χ1n) is 8.64. The Labute approximate surface area is 163 Å². The maximum atomic E-state index is 12.4. The van der Waals surface area contributed by atoms with E-state index in [0.717, 1.165) is 28.3 Å². The topological polar surface area (TPSA) is 44.1 Å². The van der Waals surface area contributed by atoms with Crippen LogP contribution in [-0.2, 0) is 12.8 Å². The molecule has 2 aromatic carbocycles. The zero-order chi connectivity index (χ0) is 19.2. The van der Waals surface area contributed by atoms with Gasteiger partial charge in [-0.3, -0.25) is 9.48 Å². The monoisotopic (exact) mass is 378 g/mol. The Bertz CT molecular complexity index is 962. The summed E-state index contributed by atoms with van der Waals surface area (Å²) < 4.78 is 7.19. The number of carbonyl (C=O) groups is 1. The molecule has 0 radical (unpaired) electrons. The van der Waals surface area contributed by atoms with Gasteiger partial charge in [0, 0.05) is 29.5 Å². The molecule has 1 aromatic heterocycles. The molecule has 1 heterocycles. The van der Waals surface area contributed by atoms with Crippen molar-refractivity contribution in [2.45, 2.75) is 17.6 Å². The maximum absolute atomic E-state index is 12.4. The Kier molecular flexibility index (Phi) is 6.14. The normalized spacial score (nSPS) is 11.1. The minimum Gasteiger partial charge on any atom is -0.496 e. The number of hydrogen-bond donors (Lipinski definition) is 0. The third-order valence-electron chi connectivity index (χ3n) is 4.15. The highest BCUT2D eigenvalue weighted by atomic mass is 32.2. The second-order valence-corrected chi connectivity index (χ2v) is 7.22. The Morgan fingerprint density at radius 3 is 2.67 bits per heavy atom. The lowest BCUT2D eigenvalue weighted by Gasteiger charge is -2.09. The highest BCUT2D eigenvalue weighted by Gasteiger charge is 2.10. The Morgan fingerprint density at radius 2 is 2.00 bits per heavy atom. The first kappa shape index (κ1) is 19.0. The van der Waals surface area contributed by atoms with E-state index in [9.17, 15) is 4.79 Å². The van der Waals surface area contributed by atoms with Crippen LogP contribution < -0.4 is 4.74 Å². The molecule has 0 aliphatic heterocycles. The number of hydrogen-bond acceptors (Lipinski definition) is 4. The molecule has 0 saturated carbocycles. The lowest BCUT2D eigenvalue weighted by molar-refractivity contribution is 0.104. The Balaban J connectivity index is 1.71. The third kappa shape index (κ3) is 4.89. The van der Waals surface area contributed by atoms with E-state index in [1.165, 1.54) is 4.90 Å². The molecule has 0 atom stereocenters. The van der Waals surface area contributed by atoms with Crippen LogP contribution in [0.2, 0.25) is 0 Å². The van der Waals surface area contributed by atoms with Crippen LogP contribution in [0.1, 0.15) is 27.2 Å². The summed E-state index contributed by atoms with van der Waals surface area (Å²) in [5.74, 6) is 1.60. The summed E-state index contributed by atoms with van der Waals surface area (Å²) in [4.78, 5) is 13.6. The summed E-state index contributed by atoms with van der Waals surface area (Å²) in [7, 11) is 3.48. The van der Waals surface area contributed by atoms with Gasteiger partial charge in [-0.25, -0.2) is 0 Å². The minimum atomic E-state index is -0.0525. The molecule has 27 heavy (non-hydrogen) atoms. The van der Waals surface area contributed by atoms with Gasteiger partial charge in [-0.2, -0.15) is 5.10 Å². The summed E-state index contributed by atoms with van der Waals surface area (Å²) in [6.07, 6.45) is 5.13. The van der Waals surface area contributed by atoms with Crippen LogP contribution in [0.3, 0.4) is 0 Å². The van der Waals surface area contributed by atoms with Crippen LogP contribution in [0.5, 0.6) is 5.75 Å². The summed E-state index contributed by atoms with van der Waals surface area (Å²) >= 11 is 1.77. The van der Waals surface area contributed by atoms with Gasteiger partial charge < -0.3 is 4.74 Å². The largest absolute Gasteiger partial charge is 0.496 e. The molecule has 0 spiro atoms. The van der Waals surface area contributed by atoms with Crippen LogP contribution in [-0.4, -0.2) is 22.7 Å². The molecule has 5 heteroatoms. The lowest BCUT2D eigenvalue weighted by Crippen LogP contribution is -1.95. The molecule has 0 fully saturated rings. The van der Waals surface area contributed by atoms with Crippen LogP contribution in [0.4, 0.5) is 0 Å². The molecule has 0 aliphatic rings. The number of thioether (sulfide) groups is 1. The number of ketones is 1. The maximum Gasteiger partial charge on any atom is 0.189 e. The summed E-state index contributed by atoms with van der Waals surface area (Å²) in [5.41, 5.74) is 3.41. The predicted octanol–water partition coefficient (Wildman–Crippen LogP) is 4.93. The van der Waals surface area contributed by atoms with Crippen LogP contribution in [0.25, 0.3) is 6.08 Å². The fourth-order valence-corrected chi connectivity index (χ4v) is 3.68. The number of allylic oxidation sites excluding steroid dienone is 1. The molecule has 3 rings (SSSR count). The second kappa shape index (κ2) is 8.73. The third-order valence-corrected chi connectivity index (χ3v) is 5.22. The number of carbonyl (C=O) groups excluding carboxylic acids is 1. The number of nitrogens with zero attached hydrogens (tertiary/aromatic N) is 2. The highest BCUT2D eigenvalue weighted by molar-refractivity contribution is 7.98. The number of rotatable bonds is 7. The van der Waals surface area contributed by atoms with Gasteiger partial charge in [0.15, 0.2) is 5.78 Å². The van der Waals surface area contributed by atoms with Crippen molar-refractivity contribution >= 4 is 23.6 Å². The van der Waals surface area contributed by atoms with Crippen molar-refractivity contribution in [2.75, 3.05) is 7.11 Å². The number of ether oxygens (including phenoxy) is 1. The molecule has 0 unspecified atom stereocenters. The van der Waals surface area contributed by atoms with E-state index in [0.29, 0.717) is 5.56 Å². The van der Waals surface area contributed by atoms with Crippen molar-refractivity contribution in [2.24, 2.45) is 7.05 Å². The Morgan fingerprint density at radius 1 is 1.22 bits per heavy atom. The highest BCUT2D eigenvalue weighted by Crippen LogP contribution is 2.29. The molecule has 0 aliphatic carbocycles. The van der Waals surface area contributed by atoms with Gasteiger partial charge >= 0.3 is 0 Å². The SMILES string of the molecule is COc1cc(/C=C/C(=O)c2cn(C)nc2C)ccc1CSc1ccccc1. The van der Waals surface area contributed by atoms with E-state index >= 15 is 0 Å². The summed E-state index contributed by atoms with van der Waals surface area (Å²) in [6.45, 7) is 1.84. The smallest absolute Gasteiger partial charge is 0.189 e. The number of benzene rings is 2. The van der Waals surface area contributed by atoms with Crippen LogP contribution in [0.15, 0.2) is 65.7 Å². The number of methoxy groups -OCH3 is 1. The van der Waals surface area contributed by atoms with Gasteiger partial charge in [-0.1, -0.05) is 36.4 Å². The molecular formula is C22H22N2O2S. The Hall–Kier alpha value is -2.79. The van der Waals surface area contributed by atoms with Gasteiger partial charge in [0.2, 0.25) is 0 Å². The van der Waals surface area contributed by atoms with Crippen molar-refractivity contribution < 1.29 is 9.53 Å². The average Bonchev–Trinajstić information content (AvgIpc) is 3.03. The van der Waals surface area contributed by atoms with Crippen molar-refractivity contribution in [1.82, 2.24) is 9.78 Å². The van der Waals surface area contributed by atoms with E-state index in [2.05, 4.69) is 17.2 Å². The molecule has 0 saturated heterocycles. The molecule has 0 N–H and O–H groups in total. The zero-order valence-electron chi connectivity index (χ0n) is 15.7. The fraction of sp³-hybridized carbons (Fsp3) is 0.182. The fourth-order valence-electron chi connectivity index (χ4n) is 2.77. The number of aryl methyl sites for hydroxylation is 2. The molecule has 3 aromatic rings. The van der Waals surface area contributed by atoms with Crippen molar-refractivity contribution in [3.8, 4) is 5.75 Å². The standard InChI is InChI=1S/C22H22N2O2S/c1-16-20(14-24(2)23-16)21(25)12-10-17-9-11-18(22(13-17)26-3)15-27-19-7-5-4-6-8-19/h4-14H,15H2,1-3H3/b12-10+. The van der Waals surface area contributed by atoms with E-state index in [1.807, 2.05) is 56.4 Å². The van der Waals surface area contributed by atoms with Gasteiger partial charge in [0.1, 0.15) is 5.75 Å². The molecule has 4 nitrogen and oxygen atoms in total. The van der Waals surface area contributed by atoms with Crippen molar-refractivity contribution in [3.63, 3.8) is 0 Å². The van der Waals surface area contributed by atoms with Gasteiger partial charge in [0.05, 0.1) is 18.4 Å². The molecular weight excluding hydrogens is 356 g/mol. The first-order valence-corrected chi connectivity index (χ1v) is 9.63. The first-order chi connectivity index (χ1) is 13.1. The van der Waals surface area contributed by atoms with E-state index in [1.54, 1.807) is 35.8 Å². The van der Waals surface area contributed by atoms with Gasteiger partial charge in [-0.15, -0.1) is 11.8 Å². The van der Waals surface area contributed by atoms with Crippen LogP contribution in [0, 0.1) is 6.92 Å². The predicted molar refractivity (Wildman–Crippen MR) is 110 cm³/mol. The quantitative estimate of drug-likeness (QED) is 0.332. The van der Waals surface area contributed by atoms with E-state index in [4.69, 9.17) is 4.74 Å². The number of aromatic nitrogens is 2. The molecule has 0 amide bonds. The van der Waals surface area contributed by atoms with E-state index < -0.39 is 0 Å².